The Hall–Kier alpha value is 1.84. The van der Waals surface area contributed by atoms with Crippen molar-refractivity contribution in [2.45, 2.75) is 12.8 Å². The average Bonchev–Trinajstić information content (AvgIpc) is 1.93. The van der Waals surface area contributed by atoms with Crippen molar-refractivity contribution >= 4 is 0 Å². The predicted molar refractivity (Wildman–Crippen MR) is 37.1 cm³/mol. The molecule has 2 radical (unpaired) electrons. The third-order valence-electron chi connectivity index (χ3n) is 0.697. The van der Waals surface area contributed by atoms with E-state index in [-0.39, 0.29) is 81.3 Å². The largest absolute Gasteiger partial charge is 2.00 e. The molecule has 0 spiro atoms. The molecule has 4 N–H and O–H groups in total. The molecular weight excluding hydrogens is 419 g/mol. The molecule has 98 valence electrons. The van der Waals surface area contributed by atoms with E-state index in [0.29, 0.717) is 25.9 Å². The number of nitrogens with two attached hydrogens (primary N) is 2. The van der Waals surface area contributed by atoms with Crippen LogP contribution in [0.5, 0.6) is 0 Å². The van der Waals surface area contributed by atoms with E-state index in [1.54, 1.807) is 0 Å². The molecule has 0 aliphatic carbocycles. The molecule has 0 aliphatic rings. The first-order valence-corrected chi connectivity index (χ1v) is 3.39. The Bertz CT molecular complexity index is 50.8. The Morgan fingerprint density at radius 2 is 0.929 bits per heavy atom. The monoisotopic (exact) mass is 432 g/mol. The molecule has 0 saturated heterocycles. The van der Waals surface area contributed by atoms with Crippen molar-refractivity contribution in [2.75, 3.05) is 26.3 Å². The maximum absolute atomic E-state index is 9.45. The SMILES string of the molecule is NCCC[O-].NCCC[O-].[Br-].[Br-].[Cu+2].[Cu+2]. The molecule has 0 aromatic rings. The summed E-state index contributed by atoms with van der Waals surface area (Å²) in [7, 11) is 0. The summed E-state index contributed by atoms with van der Waals surface area (Å²) < 4.78 is 0. The van der Waals surface area contributed by atoms with Crippen LogP contribution in [0.15, 0.2) is 0 Å². The molecule has 0 saturated carbocycles. The van der Waals surface area contributed by atoms with E-state index in [2.05, 4.69) is 0 Å². The molecule has 0 aliphatic heterocycles. The van der Waals surface area contributed by atoms with Gasteiger partial charge in [0, 0.05) is 0 Å². The fourth-order valence-corrected chi connectivity index (χ4v) is 0.167. The van der Waals surface area contributed by atoms with E-state index in [4.69, 9.17) is 11.5 Å². The second kappa shape index (κ2) is 46.2. The normalized spacial score (nSPS) is 6.00. The van der Waals surface area contributed by atoms with Crippen LogP contribution in [0.1, 0.15) is 12.8 Å². The second-order valence-corrected chi connectivity index (χ2v) is 1.69. The van der Waals surface area contributed by atoms with Crippen molar-refractivity contribution < 1.29 is 78.3 Å². The van der Waals surface area contributed by atoms with Crippen LogP contribution in [0.2, 0.25) is 0 Å². The smallest absolute Gasteiger partial charge is 1.00 e. The molecule has 0 amide bonds. The summed E-state index contributed by atoms with van der Waals surface area (Å²) in [5.74, 6) is 0. The molecule has 0 aromatic heterocycles. The van der Waals surface area contributed by atoms with E-state index in [1.807, 2.05) is 0 Å². The third kappa shape index (κ3) is 66.9. The number of hydrogen-bond acceptors (Lipinski definition) is 4. The van der Waals surface area contributed by atoms with E-state index < -0.39 is 0 Å². The summed E-state index contributed by atoms with van der Waals surface area (Å²) in [6.45, 7) is 1.00. The maximum atomic E-state index is 9.45. The fourth-order valence-electron chi connectivity index (χ4n) is 0.167. The van der Waals surface area contributed by atoms with Gasteiger partial charge in [-0.25, -0.2) is 0 Å². The molecule has 4 nitrogen and oxygen atoms in total. The van der Waals surface area contributed by atoms with Crippen LogP contribution in [0.4, 0.5) is 0 Å². The molecule has 8 heteroatoms. The van der Waals surface area contributed by atoms with E-state index in [1.165, 1.54) is 0 Å². The standard InChI is InChI=1S/2C3H8NO.2BrH.2Cu/c2*4-2-1-3-5;;;;/h2*1-4H2;2*1H;;/q2*-1;;;2*+2/p-2. The fraction of sp³-hybridized carbons (Fsp3) is 1.00. The zero-order valence-corrected chi connectivity index (χ0v) is 12.6. The molecule has 0 fully saturated rings. The van der Waals surface area contributed by atoms with Gasteiger partial charge in [0.15, 0.2) is 0 Å². The summed E-state index contributed by atoms with van der Waals surface area (Å²) in [4.78, 5) is 0. The van der Waals surface area contributed by atoms with Crippen LogP contribution >= 0.6 is 0 Å². The first kappa shape index (κ1) is 36.0. The molecule has 0 rings (SSSR count). The van der Waals surface area contributed by atoms with E-state index in [9.17, 15) is 10.2 Å². The molecule has 0 unspecified atom stereocenters. The molecule has 0 atom stereocenters. The predicted octanol–water partition coefficient (Wildman–Crippen LogP) is -8.61. The quantitative estimate of drug-likeness (QED) is 0.429. The van der Waals surface area contributed by atoms with Gasteiger partial charge in [0.05, 0.1) is 0 Å². The van der Waals surface area contributed by atoms with Gasteiger partial charge in [0.2, 0.25) is 0 Å². The van der Waals surface area contributed by atoms with Crippen LogP contribution in [0, 0.1) is 0 Å². The zero-order chi connectivity index (χ0) is 8.24. The zero-order valence-electron chi connectivity index (χ0n) is 7.57. The Balaban J connectivity index is -0.0000000178. The minimum Gasteiger partial charge on any atom is -1.00 e. The van der Waals surface area contributed by atoms with Gasteiger partial charge in [0.25, 0.3) is 0 Å². The Labute approximate surface area is 128 Å². The van der Waals surface area contributed by atoms with Gasteiger partial charge < -0.3 is 55.6 Å². The van der Waals surface area contributed by atoms with E-state index >= 15 is 0 Å². The molecule has 0 aromatic carbocycles. The van der Waals surface area contributed by atoms with Crippen molar-refractivity contribution in [3.8, 4) is 0 Å². The molecule has 0 bridgehead atoms. The molecular formula is C6H16Br2Cu2N2O2. The first-order chi connectivity index (χ1) is 4.83. The minimum atomic E-state index is -0.0312. The third-order valence-corrected chi connectivity index (χ3v) is 0.697. The Kier molecular flexibility index (Phi) is 119. The summed E-state index contributed by atoms with van der Waals surface area (Å²) in [5, 5.41) is 18.9. The van der Waals surface area contributed by atoms with Gasteiger partial charge in [-0.05, 0) is 13.1 Å². The summed E-state index contributed by atoms with van der Waals surface area (Å²) in [5.41, 5.74) is 9.88. The van der Waals surface area contributed by atoms with Crippen molar-refractivity contribution in [3.63, 3.8) is 0 Å². The van der Waals surface area contributed by atoms with Gasteiger partial charge in [-0.2, -0.15) is 0 Å². The Morgan fingerprint density at radius 3 is 0.929 bits per heavy atom. The number of halogens is 2. The van der Waals surface area contributed by atoms with Crippen LogP contribution < -0.4 is 55.6 Å². The second-order valence-electron chi connectivity index (χ2n) is 1.69. The molecule has 14 heavy (non-hydrogen) atoms. The van der Waals surface area contributed by atoms with Crippen LogP contribution in [0.25, 0.3) is 0 Å². The van der Waals surface area contributed by atoms with Crippen molar-refractivity contribution in [1.29, 1.82) is 0 Å². The summed E-state index contributed by atoms with van der Waals surface area (Å²) >= 11 is 0. The van der Waals surface area contributed by atoms with Crippen molar-refractivity contribution in [2.24, 2.45) is 11.5 Å². The topological polar surface area (TPSA) is 98.2 Å². The van der Waals surface area contributed by atoms with Gasteiger partial charge >= 0.3 is 34.1 Å². The van der Waals surface area contributed by atoms with Gasteiger partial charge in [-0.15, -0.1) is 13.2 Å². The minimum absolute atomic E-state index is 0. The van der Waals surface area contributed by atoms with Crippen molar-refractivity contribution in [1.82, 2.24) is 0 Å². The maximum Gasteiger partial charge on any atom is 2.00 e. The van der Waals surface area contributed by atoms with Gasteiger partial charge in [-0.1, -0.05) is 12.8 Å². The van der Waals surface area contributed by atoms with Gasteiger partial charge in [0.1, 0.15) is 0 Å². The van der Waals surface area contributed by atoms with E-state index in [0.717, 1.165) is 0 Å². The molecule has 0 heterocycles. The van der Waals surface area contributed by atoms with Crippen LogP contribution in [-0.2, 0) is 34.1 Å². The van der Waals surface area contributed by atoms with Gasteiger partial charge in [-0.3, -0.25) is 0 Å². The Morgan fingerprint density at radius 1 is 0.714 bits per heavy atom. The van der Waals surface area contributed by atoms with Crippen LogP contribution in [-0.4, -0.2) is 26.3 Å². The number of rotatable bonds is 4. The van der Waals surface area contributed by atoms with Crippen LogP contribution in [0.3, 0.4) is 0 Å². The first-order valence-electron chi connectivity index (χ1n) is 3.39. The average molecular weight is 435 g/mol. The number of hydrogen-bond donors (Lipinski definition) is 2. The summed E-state index contributed by atoms with van der Waals surface area (Å²) in [6, 6.07) is 0. The van der Waals surface area contributed by atoms with Crippen molar-refractivity contribution in [3.05, 3.63) is 0 Å². The summed E-state index contributed by atoms with van der Waals surface area (Å²) in [6.07, 6.45) is 1.22.